The largest absolute Gasteiger partial charge is 0.328 e. The van der Waals surface area contributed by atoms with Gasteiger partial charge in [-0.3, -0.25) is 19.8 Å². The van der Waals surface area contributed by atoms with E-state index in [1.165, 1.54) is 4.68 Å². The molecular weight excluding hydrogens is 552 g/mol. The van der Waals surface area contributed by atoms with Crippen LogP contribution >= 0.6 is 31.9 Å². The fourth-order valence-electron chi connectivity index (χ4n) is 3.18. The van der Waals surface area contributed by atoms with Gasteiger partial charge in [0.2, 0.25) is 0 Å². The van der Waals surface area contributed by atoms with E-state index in [2.05, 4.69) is 47.9 Å². The van der Waals surface area contributed by atoms with E-state index in [0.29, 0.717) is 22.3 Å². The molecule has 4 aromatic rings. The minimum Gasteiger partial charge on any atom is -0.321 e. The lowest BCUT2D eigenvalue weighted by molar-refractivity contribution is -0.133. The summed E-state index contributed by atoms with van der Waals surface area (Å²) < 4.78 is 2.98. The van der Waals surface area contributed by atoms with Gasteiger partial charge in [-0.05, 0) is 67.6 Å². The van der Waals surface area contributed by atoms with E-state index in [1.54, 1.807) is 54.6 Å². The maximum Gasteiger partial charge on any atom is 0.328 e. The zero-order valence-corrected chi connectivity index (χ0v) is 20.5. The van der Waals surface area contributed by atoms with Crippen molar-refractivity contribution in [1.82, 2.24) is 4.68 Å². The van der Waals surface area contributed by atoms with Crippen molar-refractivity contribution in [2.45, 2.75) is 6.92 Å². The average Bonchev–Trinajstić information content (AvgIpc) is 3.14. The Morgan fingerprint density at radius 2 is 1.33 bits per heavy atom. The highest BCUT2D eigenvalue weighted by Gasteiger charge is 2.21. The Balaban J connectivity index is 1.61. The van der Waals surface area contributed by atoms with E-state index < -0.39 is 17.7 Å². The van der Waals surface area contributed by atoms with Crippen molar-refractivity contribution in [3.8, 4) is 0 Å². The number of amides is 3. The number of hydrogen-bond donors (Lipinski definition) is 3. The molecule has 3 N–H and O–H groups in total. The number of hydrogen-bond acceptors (Lipinski definition) is 3. The quantitative estimate of drug-likeness (QED) is 0.286. The van der Waals surface area contributed by atoms with Crippen LogP contribution in [-0.2, 0) is 9.59 Å². The predicted molar refractivity (Wildman–Crippen MR) is 136 cm³/mol. The number of aryl methyl sites for hydroxylation is 1. The van der Waals surface area contributed by atoms with E-state index >= 15 is 0 Å². The second-order valence-corrected chi connectivity index (χ2v) is 9.12. The summed E-state index contributed by atoms with van der Waals surface area (Å²) in [5.74, 6) is -2.20. The Hall–Kier alpha value is -3.43. The Morgan fingerprint density at radius 3 is 2.03 bits per heavy atom. The van der Waals surface area contributed by atoms with Gasteiger partial charge in [-0.1, -0.05) is 49.6 Å². The molecule has 0 spiro atoms. The van der Waals surface area contributed by atoms with Gasteiger partial charge in [0.25, 0.3) is 5.91 Å². The van der Waals surface area contributed by atoms with Gasteiger partial charge in [-0.25, -0.2) is 4.68 Å². The molecule has 3 aromatic carbocycles. The van der Waals surface area contributed by atoms with Crippen LogP contribution in [-0.4, -0.2) is 22.4 Å². The lowest BCUT2D eigenvalue weighted by Gasteiger charge is -2.13. The minimum absolute atomic E-state index is 0.175. The Kier molecular flexibility index (Phi) is 6.62. The summed E-state index contributed by atoms with van der Waals surface area (Å²) >= 11 is 6.74. The van der Waals surface area contributed by atoms with Crippen LogP contribution in [0.15, 0.2) is 81.7 Å². The fraction of sp³-hybridized carbons (Fsp3) is 0.0417. The van der Waals surface area contributed by atoms with E-state index in [1.807, 2.05) is 25.1 Å². The van der Waals surface area contributed by atoms with Crippen molar-refractivity contribution in [2.24, 2.45) is 0 Å². The highest BCUT2D eigenvalue weighted by atomic mass is 79.9. The van der Waals surface area contributed by atoms with Crippen molar-refractivity contribution < 1.29 is 14.4 Å². The van der Waals surface area contributed by atoms with E-state index in [0.717, 1.165) is 14.5 Å². The average molecular weight is 570 g/mol. The molecule has 0 saturated heterocycles. The molecule has 9 heteroatoms. The van der Waals surface area contributed by atoms with Crippen molar-refractivity contribution in [3.63, 3.8) is 0 Å². The van der Waals surface area contributed by atoms with Crippen molar-refractivity contribution in [2.75, 3.05) is 16.1 Å². The second kappa shape index (κ2) is 9.60. The number of fused-ring (bicyclic) bond motifs is 1. The fourth-order valence-corrected chi connectivity index (χ4v) is 3.82. The summed E-state index contributed by atoms with van der Waals surface area (Å²) in [6.07, 6.45) is 0. The third kappa shape index (κ3) is 5.32. The topological polar surface area (TPSA) is 92.2 Å². The predicted octanol–water partition coefficient (Wildman–Crippen LogP) is 5.44. The van der Waals surface area contributed by atoms with Crippen molar-refractivity contribution in [3.05, 3.63) is 93.0 Å². The van der Waals surface area contributed by atoms with E-state index in [4.69, 9.17) is 0 Å². The maximum atomic E-state index is 13.0. The summed E-state index contributed by atoms with van der Waals surface area (Å²) in [5, 5.41) is 6.08. The van der Waals surface area contributed by atoms with Gasteiger partial charge in [0, 0.05) is 25.7 Å². The highest BCUT2D eigenvalue weighted by Crippen LogP contribution is 2.24. The van der Waals surface area contributed by atoms with Crippen LogP contribution in [0.25, 0.3) is 10.9 Å². The molecule has 0 radical (unpaired) electrons. The van der Waals surface area contributed by atoms with Crippen LogP contribution in [0.1, 0.15) is 16.1 Å². The second-order valence-electron chi connectivity index (χ2n) is 7.29. The number of nitrogens with zero attached hydrogens (tertiary/aromatic N) is 1. The van der Waals surface area contributed by atoms with Crippen molar-refractivity contribution >= 4 is 71.9 Å². The summed E-state index contributed by atoms with van der Waals surface area (Å²) in [6.45, 7) is 1.95. The molecule has 1 heterocycles. The lowest BCUT2D eigenvalue weighted by Crippen LogP contribution is -2.36. The molecule has 0 atom stereocenters. The summed E-state index contributed by atoms with van der Waals surface area (Å²) in [6, 6.07) is 21.2. The number of anilines is 2. The third-order valence-corrected chi connectivity index (χ3v) is 5.85. The molecule has 3 amide bonds. The van der Waals surface area contributed by atoms with Gasteiger partial charge in [-0.2, -0.15) is 0 Å². The zero-order valence-electron chi connectivity index (χ0n) is 17.4. The molecule has 4 rings (SSSR count). The monoisotopic (exact) mass is 568 g/mol. The number of aromatic nitrogens is 1. The van der Waals surface area contributed by atoms with Gasteiger partial charge in [-0.15, -0.1) is 0 Å². The van der Waals surface area contributed by atoms with Crippen LogP contribution in [0, 0.1) is 6.92 Å². The molecule has 1 aromatic heterocycles. The summed E-state index contributed by atoms with van der Waals surface area (Å²) in [4.78, 5) is 38.2. The van der Waals surface area contributed by atoms with Crippen LogP contribution in [0.5, 0.6) is 0 Å². The third-order valence-electron chi connectivity index (χ3n) is 4.83. The van der Waals surface area contributed by atoms with Gasteiger partial charge < -0.3 is 10.6 Å². The van der Waals surface area contributed by atoms with E-state index in [-0.39, 0.29) is 5.69 Å². The molecule has 0 aliphatic rings. The zero-order chi connectivity index (χ0) is 23.5. The van der Waals surface area contributed by atoms with Crippen LogP contribution < -0.4 is 16.1 Å². The maximum absolute atomic E-state index is 13.0. The van der Waals surface area contributed by atoms with Crippen LogP contribution in [0.2, 0.25) is 0 Å². The van der Waals surface area contributed by atoms with Gasteiger partial charge in [0.05, 0.1) is 5.52 Å². The molecular formula is C24H18Br2N4O3. The van der Waals surface area contributed by atoms with Crippen molar-refractivity contribution in [1.29, 1.82) is 0 Å². The smallest absolute Gasteiger partial charge is 0.321 e. The molecule has 33 heavy (non-hydrogen) atoms. The number of carbonyl (C=O) groups is 3. The molecule has 7 nitrogen and oxygen atoms in total. The lowest BCUT2D eigenvalue weighted by atomic mass is 10.2. The number of rotatable bonds is 4. The van der Waals surface area contributed by atoms with Crippen LogP contribution in [0.4, 0.5) is 11.4 Å². The molecule has 0 aliphatic carbocycles. The SMILES string of the molecule is Cc1ccc(NC(=O)c2cc3cc(Br)ccc3n2NC(=O)C(=O)Nc2ccc(Br)cc2)cc1. The molecule has 166 valence electrons. The number of halogens is 2. The molecule has 0 aliphatic heterocycles. The highest BCUT2D eigenvalue weighted by molar-refractivity contribution is 9.10. The minimum atomic E-state index is -0.914. The number of carbonyl (C=O) groups excluding carboxylic acids is 3. The Bertz CT molecular complexity index is 1360. The Labute approximate surface area is 206 Å². The number of benzene rings is 3. The first-order chi connectivity index (χ1) is 15.8. The summed E-state index contributed by atoms with van der Waals surface area (Å²) in [7, 11) is 0. The number of nitrogens with one attached hydrogen (secondary N) is 3. The molecule has 0 unspecified atom stereocenters. The first-order valence-electron chi connectivity index (χ1n) is 9.87. The molecule has 0 saturated carbocycles. The van der Waals surface area contributed by atoms with Gasteiger partial charge in [0.15, 0.2) is 0 Å². The van der Waals surface area contributed by atoms with Gasteiger partial charge >= 0.3 is 11.8 Å². The summed E-state index contributed by atoms with van der Waals surface area (Å²) in [5.41, 5.74) is 5.43. The van der Waals surface area contributed by atoms with E-state index in [9.17, 15) is 14.4 Å². The van der Waals surface area contributed by atoms with Gasteiger partial charge in [0.1, 0.15) is 5.69 Å². The molecule has 0 fully saturated rings. The molecule has 0 bridgehead atoms. The van der Waals surface area contributed by atoms with Crippen LogP contribution in [0.3, 0.4) is 0 Å². The normalized spacial score (nSPS) is 10.6. The standard InChI is InChI=1S/C24H18Br2N4O3/c1-14-2-7-18(8-3-14)27-22(31)21-13-15-12-17(26)6-11-20(15)30(21)29-24(33)23(32)28-19-9-4-16(25)5-10-19/h2-13H,1H3,(H,27,31)(H,28,32)(H,29,33). The Morgan fingerprint density at radius 1 is 0.727 bits per heavy atom. The first kappa shape index (κ1) is 22.8. The first-order valence-corrected chi connectivity index (χ1v) is 11.5.